The number of nitrogens with two attached hydrogens (primary N) is 2. The van der Waals surface area contributed by atoms with Crippen LogP contribution in [-0.4, -0.2) is 23.3 Å². The molecule has 1 aromatic rings. The Bertz CT molecular complexity index is 397. The summed E-state index contributed by atoms with van der Waals surface area (Å²) in [5.41, 5.74) is 11.5. The van der Waals surface area contributed by atoms with Gasteiger partial charge in [-0.1, -0.05) is 0 Å². The van der Waals surface area contributed by atoms with Crippen LogP contribution in [0.5, 0.6) is 0 Å². The lowest BCUT2D eigenvalue weighted by molar-refractivity contribution is -0.117. The first kappa shape index (κ1) is 12.0. The van der Waals surface area contributed by atoms with Crippen molar-refractivity contribution in [3.05, 3.63) is 23.4 Å². The molecule has 86 valence electrons. The number of aromatic nitrogens is 1. The highest BCUT2D eigenvalue weighted by molar-refractivity contribution is 5.95. The van der Waals surface area contributed by atoms with Gasteiger partial charge in [-0.3, -0.25) is 9.59 Å². The van der Waals surface area contributed by atoms with Gasteiger partial charge in [-0.05, 0) is 19.1 Å². The van der Waals surface area contributed by atoms with Gasteiger partial charge in [0.1, 0.15) is 5.82 Å². The number of hydrogen-bond acceptors (Lipinski definition) is 4. The van der Waals surface area contributed by atoms with Crippen molar-refractivity contribution >= 4 is 17.6 Å². The Balaban J connectivity index is 2.62. The first-order valence-corrected chi connectivity index (χ1v) is 4.79. The van der Waals surface area contributed by atoms with Crippen LogP contribution in [0.2, 0.25) is 0 Å². The van der Waals surface area contributed by atoms with Crippen LogP contribution >= 0.6 is 0 Å². The molecule has 1 aromatic heterocycles. The molecule has 0 fully saturated rings. The molecule has 0 aliphatic rings. The zero-order valence-electron chi connectivity index (χ0n) is 8.99. The lowest BCUT2D eigenvalue weighted by atomic mass is 10.2. The maximum Gasteiger partial charge on any atom is 0.251 e. The fourth-order valence-electron chi connectivity index (χ4n) is 1.23. The molecular formula is C10H14N4O2. The maximum atomic E-state index is 11.6. The standard InChI is InChI=1S/C10H14N4O2/c1-6-4-7(5-8(11)14-6)10(16)13-3-2-9(12)15/h4-5H,2-3H2,1H3,(H2,11,14)(H2,12,15)(H,13,16). The molecule has 1 rings (SSSR count). The number of anilines is 1. The number of nitrogens with zero attached hydrogens (tertiary/aromatic N) is 1. The summed E-state index contributed by atoms with van der Waals surface area (Å²) in [6, 6.07) is 3.10. The summed E-state index contributed by atoms with van der Waals surface area (Å²) in [6.45, 7) is 1.96. The number of nitrogen functional groups attached to an aromatic ring is 1. The summed E-state index contributed by atoms with van der Waals surface area (Å²) in [7, 11) is 0. The number of nitrogens with one attached hydrogen (secondary N) is 1. The van der Waals surface area contributed by atoms with E-state index in [2.05, 4.69) is 10.3 Å². The van der Waals surface area contributed by atoms with E-state index in [9.17, 15) is 9.59 Å². The normalized spacial score (nSPS) is 9.81. The second-order valence-electron chi connectivity index (χ2n) is 3.39. The van der Waals surface area contributed by atoms with E-state index in [0.717, 1.165) is 0 Å². The largest absolute Gasteiger partial charge is 0.384 e. The number of rotatable bonds is 4. The van der Waals surface area contributed by atoms with Crippen LogP contribution in [0.1, 0.15) is 22.5 Å². The van der Waals surface area contributed by atoms with Gasteiger partial charge in [0.15, 0.2) is 0 Å². The lowest BCUT2D eigenvalue weighted by Gasteiger charge is -2.05. The molecule has 0 aromatic carbocycles. The summed E-state index contributed by atoms with van der Waals surface area (Å²) < 4.78 is 0. The topological polar surface area (TPSA) is 111 Å². The highest BCUT2D eigenvalue weighted by Gasteiger charge is 2.07. The van der Waals surface area contributed by atoms with Crippen molar-refractivity contribution in [2.75, 3.05) is 12.3 Å². The van der Waals surface area contributed by atoms with Crippen LogP contribution in [0.4, 0.5) is 5.82 Å². The third kappa shape index (κ3) is 3.56. The molecule has 6 nitrogen and oxygen atoms in total. The maximum absolute atomic E-state index is 11.6. The highest BCUT2D eigenvalue weighted by Crippen LogP contribution is 2.06. The van der Waals surface area contributed by atoms with Gasteiger partial charge in [-0.25, -0.2) is 4.98 Å². The molecule has 6 heteroatoms. The fourth-order valence-corrected chi connectivity index (χ4v) is 1.23. The fraction of sp³-hybridized carbons (Fsp3) is 0.300. The molecule has 0 saturated carbocycles. The van der Waals surface area contributed by atoms with Gasteiger partial charge in [0.2, 0.25) is 5.91 Å². The van der Waals surface area contributed by atoms with E-state index >= 15 is 0 Å². The Morgan fingerprint density at radius 2 is 2.12 bits per heavy atom. The van der Waals surface area contributed by atoms with E-state index in [0.29, 0.717) is 17.1 Å². The van der Waals surface area contributed by atoms with Gasteiger partial charge in [0.05, 0.1) is 0 Å². The van der Waals surface area contributed by atoms with E-state index in [4.69, 9.17) is 11.5 Å². The highest BCUT2D eigenvalue weighted by atomic mass is 16.2. The van der Waals surface area contributed by atoms with Crippen molar-refractivity contribution in [1.82, 2.24) is 10.3 Å². The zero-order valence-corrected chi connectivity index (χ0v) is 8.99. The van der Waals surface area contributed by atoms with Crippen molar-refractivity contribution in [1.29, 1.82) is 0 Å². The molecule has 2 amide bonds. The number of aryl methyl sites for hydroxylation is 1. The number of amides is 2. The molecule has 0 aliphatic heterocycles. The average Bonchev–Trinajstić information content (AvgIpc) is 2.15. The number of pyridine rings is 1. The van der Waals surface area contributed by atoms with Crippen LogP contribution in [0, 0.1) is 6.92 Å². The predicted octanol–water partition coefficient (Wildman–Crippen LogP) is -0.423. The molecule has 0 atom stereocenters. The molecule has 1 heterocycles. The van der Waals surface area contributed by atoms with Gasteiger partial charge < -0.3 is 16.8 Å². The van der Waals surface area contributed by atoms with E-state index in [1.807, 2.05) is 0 Å². The number of carbonyl (C=O) groups is 2. The molecular weight excluding hydrogens is 208 g/mol. The smallest absolute Gasteiger partial charge is 0.251 e. The Morgan fingerprint density at radius 3 is 2.69 bits per heavy atom. The molecule has 0 saturated heterocycles. The van der Waals surface area contributed by atoms with Crippen molar-refractivity contribution in [2.24, 2.45) is 5.73 Å². The summed E-state index contributed by atoms with van der Waals surface area (Å²) in [5.74, 6) is -0.454. The summed E-state index contributed by atoms with van der Waals surface area (Å²) in [4.78, 5) is 26.0. The van der Waals surface area contributed by atoms with Crippen LogP contribution < -0.4 is 16.8 Å². The number of primary amides is 1. The first-order valence-electron chi connectivity index (χ1n) is 4.79. The van der Waals surface area contributed by atoms with Crippen LogP contribution in [0.15, 0.2) is 12.1 Å². The summed E-state index contributed by atoms with van der Waals surface area (Å²) in [5, 5.41) is 2.56. The number of carbonyl (C=O) groups excluding carboxylic acids is 2. The molecule has 0 spiro atoms. The van der Waals surface area contributed by atoms with Gasteiger partial charge >= 0.3 is 0 Å². The van der Waals surface area contributed by atoms with Gasteiger partial charge in [-0.15, -0.1) is 0 Å². The van der Waals surface area contributed by atoms with Crippen LogP contribution in [-0.2, 0) is 4.79 Å². The molecule has 0 unspecified atom stereocenters. The monoisotopic (exact) mass is 222 g/mol. The third-order valence-corrected chi connectivity index (χ3v) is 1.89. The quantitative estimate of drug-likeness (QED) is 0.642. The van der Waals surface area contributed by atoms with Crippen LogP contribution in [0.25, 0.3) is 0 Å². The second kappa shape index (κ2) is 5.11. The predicted molar refractivity (Wildman–Crippen MR) is 59.5 cm³/mol. The SMILES string of the molecule is Cc1cc(C(=O)NCCC(N)=O)cc(N)n1. The Kier molecular flexibility index (Phi) is 3.82. The second-order valence-corrected chi connectivity index (χ2v) is 3.39. The number of hydrogen-bond donors (Lipinski definition) is 3. The van der Waals surface area contributed by atoms with E-state index in [-0.39, 0.29) is 18.9 Å². The molecule has 16 heavy (non-hydrogen) atoms. The first-order chi connectivity index (χ1) is 7.49. The lowest BCUT2D eigenvalue weighted by Crippen LogP contribution is -2.28. The Labute approximate surface area is 93.0 Å². The minimum atomic E-state index is -0.453. The van der Waals surface area contributed by atoms with E-state index in [1.165, 1.54) is 6.07 Å². The van der Waals surface area contributed by atoms with Crippen molar-refractivity contribution in [3.8, 4) is 0 Å². The van der Waals surface area contributed by atoms with Crippen molar-refractivity contribution in [3.63, 3.8) is 0 Å². The molecule has 0 radical (unpaired) electrons. The minimum absolute atomic E-state index is 0.116. The van der Waals surface area contributed by atoms with Crippen molar-refractivity contribution in [2.45, 2.75) is 13.3 Å². The average molecular weight is 222 g/mol. The van der Waals surface area contributed by atoms with Gasteiger partial charge in [0, 0.05) is 24.2 Å². The van der Waals surface area contributed by atoms with Crippen LogP contribution in [0.3, 0.4) is 0 Å². The molecule has 0 bridgehead atoms. The summed E-state index contributed by atoms with van der Waals surface area (Å²) in [6.07, 6.45) is 0.116. The van der Waals surface area contributed by atoms with Crippen molar-refractivity contribution < 1.29 is 9.59 Å². The van der Waals surface area contributed by atoms with E-state index < -0.39 is 5.91 Å². The Morgan fingerprint density at radius 1 is 1.44 bits per heavy atom. The third-order valence-electron chi connectivity index (χ3n) is 1.89. The Hall–Kier alpha value is -2.11. The summed E-state index contributed by atoms with van der Waals surface area (Å²) >= 11 is 0. The molecule has 0 aliphatic carbocycles. The minimum Gasteiger partial charge on any atom is -0.384 e. The zero-order chi connectivity index (χ0) is 12.1. The van der Waals surface area contributed by atoms with Gasteiger partial charge in [0.25, 0.3) is 5.91 Å². The molecule has 5 N–H and O–H groups in total. The van der Waals surface area contributed by atoms with Gasteiger partial charge in [-0.2, -0.15) is 0 Å². The van der Waals surface area contributed by atoms with E-state index in [1.54, 1.807) is 13.0 Å².